The summed E-state index contributed by atoms with van der Waals surface area (Å²) in [7, 11) is 1.28. The Morgan fingerprint density at radius 3 is 2.57 bits per heavy atom. The molecular formula is C17H15NO5. The number of methoxy groups -OCH3 is 1. The first-order valence-electron chi connectivity index (χ1n) is 7.02. The van der Waals surface area contributed by atoms with E-state index in [0.29, 0.717) is 22.6 Å². The molecule has 1 aliphatic heterocycles. The zero-order valence-electron chi connectivity index (χ0n) is 12.4. The molecule has 0 saturated heterocycles. The van der Waals surface area contributed by atoms with Crippen LogP contribution in [-0.4, -0.2) is 25.8 Å². The second kappa shape index (κ2) is 6.39. The predicted molar refractivity (Wildman–Crippen MR) is 81.2 cm³/mol. The molecule has 0 aromatic heterocycles. The third-order valence-electron chi connectivity index (χ3n) is 3.48. The van der Waals surface area contributed by atoms with Crippen molar-refractivity contribution in [2.75, 3.05) is 13.9 Å². The summed E-state index contributed by atoms with van der Waals surface area (Å²) in [4.78, 5) is 24.4. The number of carbonyl (C=O) groups excluding carboxylic acids is 2. The van der Waals surface area contributed by atoms with Gasteiger partial charge in [-0.25, -0.2) is 4.79 Å². The van der Waals surface area contributed by atoms with E-state index < -0.39 is 17.9 Å². The number of hydrogen-bond donors (Lipinski definition) is 1. The monoisotopic (exact) mass is 313 g/mol. The average molecular weight is 313 g/mol. The first-order chi connectivity index (χ1) is 11.2. The quantitative estimate of drug-likeness (QED) is 0.875. The number of rotatable bonds is 4. The van der Waals surface area contributed by atoms with Crippen LogP contribution in [0, 0.1) is 0 Å². The zero-order chi connectivity index (χ0) is 16.2. The van der Waals surface area contributed by atoms with Gasteiger partial charge < -0.3 is 19.5 Å². The minimum atomic E-state index is -0.876. The highest BCUT2D eigenvalue weighted by atomic mass is 16.7. The van der Waals surface area contributed by atoms with Crippen LogP contribution >= 0.6 is 0 Å². The summed E-state index contributed by atoms with van der Waals surface area (Å²) in [5.74, 6) is 0.161. The lowest BCUT2D eigenvalue weighted by Gasteiger charge is -2.17. The molecule has 6 nitrogen and oxygen atoms in total. The highest BCUT2D eigenvalue weighted by Crippen LogP contribution is 2.32. The van der Waals surface area contributed by atoms with Gasteiger partial charge in [-0.3, -0.25) is 4.79 Å². The number of benzene rings is 2. The van der Waals surface area contributed by atoms with Gasteiger partial charge >= 0.3 is 5.97 Å². The molecule has 0 aliphatic carbocycles. The van der Waals surface area contributed by atoms with Crippen molar-refractivity contribution in [2.24, 2.45) is 0 Å². The fourth-order valence-electron chi connectivity index (χ4n) is 2.29. The molecule has 1 aliphatic rings. The SMILES string of the molecule is COC(=O)[C@H](NC(=O)c1ccc2c(c1)OCO2)c1ccccc1. The van der Waals surface area contributed by atoms with Gasteiger partial charge in [0.25, 0.3) is 5.91 Å². The van der Waals surface area contributed by atoms with Gasteiger partial charge in [0, 0.05) is 5.56 Å². The summed E-state index contributed by atoms with van der Waals surface area (Å²) in [5.41, 5.74) is 1.02. The Balaban J connectivity index is 1.82. The maximum atomic E-state index is 12.4. The molecule has 0 unspecified atom stereocenters. The van der Waals surface area contributed by atoms with E-state index in [1.165, 1.54) is 7.11 Å². The van der Waals surface area contributed by atoms with E-state index in [1.54, 1.807) is 42.5 Å². The van der Waals surface area contributed by atoms with Crippen molar-refractivity contribution in [1.29, 1.82) is 0 Å². The molecule has 0 spiro atoms. The van der Waals surface area contributed by atoms with Crippen molar-refractivity contribution in [2.45, 2.75) is 6.04 Å². The molecule has 2 aromatic carbocycles. The molecule has 6 heteroatoms. The molecule has 1 amide bonds. The minimum absolute atomic E-state index is 0.134. The van der Waals surface area contributed by atoms with Crippen LogP contribution in [0.4, 0.5) is 0 Å². The van der Waals surface area contributed by atoms with E-state index in [0.717, 1.165) is 0 Å². The van der Waals surface area contributed by atoms with Crippen molar-refractivity contribution in [3.05, 3.63) is 59.7 Å². The second-order valence-corrected chi connectivity index (χ2v) is 4.91. The number of carbonyl (C=O) groups is 2. The zero-order valence-corrected chi connectivity index (χ0v) is 12.4. The van der Waals surface area contributed by atoms with Gasteiger partial charge in [-0.05, 0) is 23.8 Å². The summed E-state index contributed by atoms with van der Waals surface area (Å²) in [6.45, 7) is 0.134. The van der Waals surface area contributed by atoms with Crippen LogP contribution in [0.3, 0.4) is 0 Å². The normalized spacial score (nSPS) is 13.3. The maximum absolute atomic E-state index is 12.4. The number of nitrogens with one attached hydrogen (secondary N) is 1. The van der Waals surface area contributed by atoms with Crippen molar-refractivity contribution in [3.63, 3.8) is 0 Å². The Hall–Kier alpha value is -3.02. The molecule has 2 aromatic rings. The molecule has 1 atom stereocenters. The topological polar surface area (TPSA) is 73.9 Å². The molecule has 0 radical (unpaired) electrons. The van der Waals surface area contributed by atoms with Gasteiger partial charge in [-0.1, -0.05) is 30.3 Å². The Morgan fingerprint density at radius 1 is 1.09 bits per heavy atom. The van der Waals surface area contributed by atoms with E-state index in [9.17, 15) is 9.59 Å². The largest absolute Gasteiger partial charge is 0.467 e. The fraction of sp³-hybridized carbons (Fsp3) is 0.176. The van der Waals surface area contributed by atoms with Crippen LogP contribution in [0.2, 0.25) is 0 Å². The van der Waals surface area contributed by atoms with Gasteiger partial charge in [-0.2, -0.15) is 0 Å². The first-order valence-corrected chi connectivity index (χ1v) is 7.02. The Labute approximate surface area is 133 Å². The molecule has 3 rings (SSSR count). The number of amides is 1. The lowest BCUT2D eigenvalue weighted by Crippen LogP contribution is -2.34. The van der Waals surface area contributed by atoms with Crippen LogP contribution < -0.4 is 14.8 Å². The Kier molecular flexibility index (Phi) is 4.14. The lowest BCUT2D eigenvalue weighted by atomic mass is 10.1. The molecular weight excluding hydrogens is 298 g/mol. The van der Waals surface area contributed by atoms with Crippen LogP contribution in [0.1, 0.15) is 22.0 Å². The van der Waals surface area contributed by atoms with Crippen LogP contribution in [0.5, 0.6) is 11.5 Å². The Bertz CT molecular complexity index is 729. The summed E-state index contributed by atoms with van der Waals surface area (Å²) >= 11 is 0. The molecule has 0 fully saturated rings. The van der Waals surface area contributed by atoms with Crippen molar-refractivity contribution >= 4 is 11.9 Å². The van der Waals surface area contributed by atoms with Crippen molar-refractivity contribution < 1.29 is 23.8 Å². The van der Waals surface area contributed by atoms with Crippen molar-refractivity contribution in [3.8, 4) is 11.5 Å². The van der Waals surface area contributed by atoms with Crippen LogP contribution in [0.15, 0.2) is 48.5 Å². The third-order valence-corrected chi connectivity index (χ3v) is 3.48. The van der Waals surface area contributed by atoms with Gasteiger partial charge in [0.1, 0.15) is 0 Å². The van der Waals surface area contributed by atoms with Gasteiger partial charge in [0.05, 0.1) is 7.11 Å². The summed E-state index contributed by atoms with van der Waals surface area (Å²) in [6.07, 6.45) is 0. The Morgan fingerprint density at radius 2 is 1.83 bits per heavy atom. The minimum Gasteiger partial charge on any atom is -0.467 e. The van der Waals surface area contributed by atoms with Crippen LogP contribution in [-0.2, 0) is 9.53 Å². The number of fused-ring (bicyclic) bond motifs is 1. The van der Waals surface area contributed by atoms with Crippen LogP contribution in [0.25, 0.3) is 0 Å². The predicted octanol–water partition coefficient (Wildman–Crippen LogP) is 2.06. The van der Waals surface area contributed by atoms with Gasteiger partial charge in [0.15, 0.2) is 17.5 Å². The highest BCUT2D eigenvalue weighted by Gasteiger charge is 2.25. The van der Waals surface area contributed by atoms with Gasteiger partial charge in [-0.15, -0.1) is 0 Å². The average Bonchev–Trinajstić information content (AvgIpc) is 3.07. The summed E-state index contributed by atoms with van der Waals surface area (Å²) in [6, 6.07) is 12.9. The van der Waals surface area contributed by atoms with E-state index in [-0.39, 0.29) is 6.79 Å². The fourth-order valence-corrected chi connectivity index (χ4v) is 2.29. The van der Waals surface area contributed by atoms with Gasteiger partial charge in [0.2, 0.25) is 6.79 Å². The number of esters is 1. The molecule has 0 saturated carbocycles. The van der Waals surface area contributed by atoms with E-state index in [1.807, 2.05) is 6.07 Å². The summed E-state index contributed by atoms with van der Waals surface area (Å²) < 4.78 is 15.2. The smallest absolute Gasteiger partial charge is 0.333 e. The van der Waals surface area contributed by atoms with E-state index in [2.05, 4.69) is 5.32 Å². The molecule has 0 bridgehead atoms. The summed E-state index contributed by atoms with van der Waals surface area (Å²) in [5, 5.41) is 2.68. The first kappa shape index (κ1) is 14.9. The van der Waals surface area contributed by atoms with E-state index >= 15 is 0 Å². The molecule has 1 N–H and O–H groups in total. The standard InChI is InChI=1S/C17H15NO5/c1-21-17(20)15(11-5-3-2-4-6-11)18-16(19)12-7-8-13-14(9-12)23-10-22-13/h2-9,15H,10H2,1H3,(H,18,19)/t15-/m1/s1. The third kappa shape index (κ3) is 3.11. The highest BCUT2D eigenvalue weighted by molar-refractivity contribution is 5.97. The maximum Gasteiger partial charge on any atom is 0.333 e. The van der Waals surface area contributed by atoms with E-state index in [4.69, 9.17) is 14.2 Å². The molecule has 118 valence electrons. The second-order valence-electron chi connectivity index (χ2n) is 4.91. The number of ether oxygens (including phenoxy) is 3. The molecule has 23 heavy (non-hydrogen) atoms. The van der Waals surface area contributed by atoms with Crippen molar-refractivity contribution in [1.82, 2.24) is 5.32 Å². The number of hydrogen-bond acceptors (Lipinski definition) is 5. The lowest BCUT2D eigenvalue weighted by molar-refractivity contribution is -0.143. The molecule has 1 heterocycles.